The zero-order chi connectivity index (χ0) is 18.9. The molecule has 0 atom stereocenters. The lowest BCUT2D eigenvalue weighted by atomic mass is 9.99. The fourth-order valence-electron chi connectivity index (χ4n) is 4.15. The molecule has 0 saturated heterocycles. The van der Waals surface area contributed by atoms with Crippen LogP contribution in [-0.4, -0.2) is 36.7 Å². The number of amides is 1. The van der Waals surface area contributed by atoms with Gasteiger partial charge in [0.25, 0.3) is 0 Å². The summed E-state index contributed by atoms with van der Waals surface area (Å²) in [6.07, 6.45) is 4.37. The van der Waals surface area contributed by atoms with Gasteiger partial charge < -0.3 is 19.1 Å². The Morgan fingerprint density at radius 3 is 2.75 bits per heavy atom. The number of hydrogen-bond donors (Lipinski definition) is 0. The number of benzene rings is 2. The highest BCUT2D eigenvalue weighted by atomic mass is 16.5. The molecule has 0 radical (unpaired) electrons. The average Bonchev–Trinajstić information content (AvgIpc) is 3.24. The van der Waals surface area contributed by atoms with E-state index in [1.165, 1.54) is 11.1 Å². The van der Waals surface area contributed by atoms with E-state index in [1.807, 2.05) is 35.2 Å². The van der Waals surface area contributed by atoms with E-state index in [4.69, 9.17) is 14.2 Å². The van der Waals surface area contributed by atoms with Crippen molar-refractivity contribution in [2.75, 3.05) is 19.8 Å². The van der Waals surface area contributed by atoms with Crippen molar-refractivity contribution >= 4 is 5.91 Å². The Morgan fingerprint density at radius 2 is 1.93 bits per heavy atom. The molecular weight excluding hydrogens is 354 g/mol. The van der Waals surface area contributed by atoms with E-state index < -0.39 is 0 Å². The van der Waals surface area contributed by atoms with Crippen molar-refractivity contribution < 1.29 is 19.0 Å². The number of carbonyl (C=O) groups is 1. The first kappa shape index (κ1) is 17.4. The molecule has 2 aliphatic heterocycles. The van der Waals surface area contributed by atoms with Crippen LogP contribution in [0.25, 0.3) is 0 Å². The molecule has 28 heavy (non-hydrogen) atoms. The van der Waals surface area contributed by atoms with Gasteiger partial charge in [0.1, 0.15) is 17.2 Å². The summed E-state index contributed by atoms with van der Waals surface area (Å²) in [5.74, 6) is 2.93. The van der Waals surface area contributed by atoms with Crippen LogP contribution in [-0.2, 0) is 24.2 Å². The van der Waals surface area contributed by atoms with Gasteiger partial charge in [0.15, 0.2) is 0 Å². The Balaban J connectivity index is 1.31. The van der Waals surface area contributed by atoms with Crippen LogP contribution in [0.4, 0.5) is 0 Å². The van der Waals surface area contributed by atoms with Gasteiger partial charge in [-0.05, 0) is 31.0 Å². The summed E-state index contributed by atoms with van der Waals surface area (Å²) in [5, 5.41) is 0. The van der Waals surface area contributed by atoms with E-state index in [0.29, 0.717) is 38.8 Å². The molecule has 0 N–H and O–H groups in total. The smallest absolute Gasteiger partial charge is 0.226 e. The third kappa shape index (κ3) is 3.41. The minimum atomic E-state index is 0.154. The van der Waals surface area contributed by atoms with E-state index in [2.05, 4.69) is 6.07 Å². The van der Waals surface area contributed by atoms with Crippen molar-refractivity contribution in [1.82, 2.24) is 4.90 Å². The van der Waals surface area contributed by atoms with Gasteiger partial charge in [0.05, 0.1) is 32.8 Å². The molecule has 2 aromatic carbocycles. The van der Waals surface area contributed by atoms with Gasteiger partial charge in [-0.15, -0.1) is 0 Å². The van der Waals surface area contributed by atoms with Crippen LogP contribution in [0.5, 0.6) is 17.2 Å². The SMILES string of the molecule is O=C(CCOc1ccccc1)N(Cc1c2c(cc3c1OCC3)OCC2)C1CC1. The van der Waals surface area contributed by atoms with E-state index in [9.17, 15) is 4.79 Å². The maximum absolute atomic E-state index is 13.0. The number of fused-ring (bicyclic) bond motifs is 2. The Morgan fingerprint density at radius 1 is 1.11 bits per heavy atom. The maximum atomic E-state index is 13.0. The minimum Gasteiger partial charge on any atom is -0.493 e. The molecular formula is C23H25NO4. The van der Waals surface area contributed by atoms with Crippen molar-refractivity contribution in [2.45, 2.75) is 44.7 Å². The van der Waals surface area contributed by atoms with Gasteiger partial charge in [-0.25, -0.2) is 0 Å². The molecule has 0 bridgehead atoms. The normalized spacial score (nSPS) is 16.7. The highest BCUT2D eigenvalue weighted by Gasteiger charge is 2.35. The second kappa shape index (κ2) is 7.38. The number of ether oxygens (including phenoxy) is 3. The summed E-state index contributed by atoms with van der Waals surface area (Å²) in [4.78, 5) is 15.0. The minimum absolute atomic E-state index is 0.154. The van der Waals surface area contributed by atoms with Gasteiger partial charge >= 0.3 is 0 Å². The fraction of sp³-hybridized carbons (Fsp3) is 0.435. The van der Waals surface area contributed by atoms with E-state index in [-0.39, 0.29) is 5.91 Å². The van der Waals surface area contributed by atoms with Gasteiger partial charge in [0.2, 0.25) is 5.91 Å². The van der Waals surface area contributed by atoms with Gasteiger partial charge in [0, 0.05) is 35.6 Å². The first-order valence-electron chi connectivity index (χ1n) is 10.2. The molecule has 0 aromatic heterocycles. The number of para-hydroxylation sites is 1. The van der Waals surface area contributed by atoms with E-state index in [1.54, 1.807) is 0 Å². The van der Waals surface area contributed by atoms with Crippen LogP contribution in [0.15, 0.2) is 36.4 Å². The molecule has 5 nitrogen and oxygen atoms in total. The van der Waals surface area contributed by atoms with Crippen LogP contribution in [0.1, 0.15) is 36.0 Å². The molecule has 0 spiro atoms. The van der Waals surface area contributed by atoms with Crippen molar-refractivity contribution in [3.63, 3.8) is 0 Å². The predicted octanol–water partition coefficient (Wildman–Crippen LogP) is 3.52. The summed E-state index contributed by atoms with van der Waals surface area (Å²) in [7, 11) is 0. The molecule has 3 aliphatic rings. The molecule has 1 saturated carbocycles. The van der Waals surface area contributed by atoms with Gasteiger partial charge in [-0.1, -0.05) is 18.2 Å². The molecule has 1 amide bonds. The summed E-state index contributed by atoms with van der Waals surface area (Å²) in [6, 6.07) is 12.1. The highest BCUT2D eigenvalue weighted by Crippen LogP contribution is 2.42. The summed E-state index contributed by atoms with van der Waals surface area (Å²) in [6.45, 7) is 2.45. The lowest BCUT2D eigenvalue weighted by molar-refractivity contribution is -0.133. The average molecular weight is 379 g/mol. The van der Waals surface area contributed by atoms with E-state index >= 15 is 0 Å². The lowest BCUT2D eigenvalue weighted by Crippen LogP contribution is -2.34. The van der Waals surface area contributed by atoms with Crippen molar-refractivity contribution in [3.05, 3.63) is 53.1 Å². The Hall–Kier alpha value is -2.69. The van der Waals surface area contributed by atoms with Gasteiger partial charge in [-0.3, -0.25) is 4.79 Å². The van der Waals surface area contributed by atoms with E-state index in [0.717, 1.165) is 48.5 Å². The molecule has 5 rings (SSSR count). The summed E-state index contributed by atoms with van der Waals surface area (Å²) in [5.41, 5.74) is 3.60. The highest BCUT2D eigenvalue weighted by molar-refractivity contribution is 5.77. The Labute approximate surface area is 165 Å². The maximum Gasteiger partial charge on any atom is 0.226 e. The number of hydrogen-bond acceptors (Lipinski definition) is 4. The van der Waals surface area contributed by atoms with Crippen LogP contribution >= 0.6 is 0 Å². The van der Waals surface area contributed by atoms with Crippen molar-refractivity contribution in [3.8, 4) is 17.2 Å². The van der Waals surface area contributed by atoms with Crippen molar-refractivity contribution in [1.29, 1.82) is 0 Å². The quantitative estimate of drug-likeness (QED) is 0.739. The topological polar surface area (TPSA) is 48.0 Å². The Bertz CT molecular complexity index is 844. The Kier molecular flexibility index (Phi) is 4.59. The summed E-state index contributed by atoms with van der Waals surface area (Å²) < 4.78 is 17.5. The third-order valence-electron chi connectivity index (χ3n) is 5.72. The van der Waals surface area contributed by atoms with Gasteiger partial charge in [-0.2, -0.15) is 0 Å². The second-order valence-corrected chi connectivity index (χ2v) is 7.68. The molecule has 1 aliphatic carbocycles. The zero-order valence-corrected chi connectivity index (χ0v) is 16.0. The molecule has 0 unspecified atom stereocenters. The van der Waals surface area contributed by atoms with Crippen LogP contribution < -0.4 is 14.2 Å². The fourth-order valence-corrected chi connectivity index (χ4v) is 4.15. The molecule has 2 heterocycles. The number of nitrogens with zero attached hydrogens (tertiary/aromatic N) is 1. The monoisotopic (exact) mass is 379 g/mol. The zero-order valence-electron chi connectivity index (χ0n) is 16.0. The first-order chi connectivity index (χ1) is 13.8. The first-order valence-corrected chi connectivity index (χ1v) is 10.2. The molecule has 5 heteroatoms. The van der Waals surface area contributed by atoms with Crippen LogP contribution in [0, 0.1) is 0 Å². The number of rotatable bonds is 7. The molecule has 1 fully saturated rings. The van der Waals surface area contributed by atoms with Crippen LogP contribution in [0.2, 0.25) is 0 Å². The standard InChI is InChI=1S/C23H25NO4/c25-22(10-13-26-18-4-2-1-3-5-18)24(17-6-7-17)15-20-19-9-12-27-21(19)14-16-8-11-28-23(16)20/h1-5,14,17H,6-13,15H2. The molecule has 2 aromatic rings. The molecule has 146 valence electrons. The van der Waals surface area contributed by atoms with Crippen LogP contribution in [0.3, 0.4) is 0 Å². The summed E-state index contributed by atoms with van der Waals surface area (Å²) >= 11 is 0. The predicted molar refractivity (Wildman–Crippen MR) is 105 cm³/mol. The third-order valence-corrected chi connectivity index (χ3v) is 5.72. The largest absolute Gasteiger partial charge is 0.493 e. The number of carbonyl (C=O) groups excluding carboxylic acids is 1. The second-order valence-electron chi connectivity index (χ2n) is 7.68. The lowest BCUT2D eigenvalue weighted by Gasteiger charge is -2.25. The van der Waals surface area contributed by atoms with Crippen molar-refractivity contribution in [2.24, 2.45) is 0 Å².